The van der Waals surface area contributed by atoms with Crippen molar-refractivity contribution in [3.63, 3.8) is 0 Å². The second kappa shape index (κ2) is 11.3. The smallest absolute Gasteiger partial charge is 0.201 e. The lowest BCUT2D eigenvalue weighted by Crippen LogP contribution is -2.50. The van der Waals surface area contributed by atoms with E-state index in [-0.39, 0.29) is 12.0 Å². The van der Waals surface area contributed by atoms with Crippen molar-refractivity contribution in [3.05, 3.63) is 12.2 Å². The van der Waals surface area contributed by atoms with Gasteiger partial charge in [0.05, 0.1) is 6.10 Å². The summed E-state index contributed by atoms with van der Waals surface area (Å²) in [6, 6.07) is 0. The van der Waals surface area contributed by atoms with Gasteiger partial charge < -0.3 is 4.43 Å². The molecule has 0 unspecified atom stereocenters. The molecule has 4 heteroatoms. The van der Waals surface area contributed by atoms with E-state index in [9.17, 15) is 0 Å². The number of hydrogen-bond donors (Lipinski definition) is 0. The molecule has 25 heavy (non-hydrogen) atoms. The average Bonchev–Trinajstić information content (AvgIpc) is 2.46. The summed E-state index contributed by atoms with van der Waals surface area (Å²) in [5, 5.41) is 0. The molecule has 0 aromatic rings. The van der Waals surface area contributed by atoms with Crippen LogP contribution in [0.2, 0.25) is 36.3 Å². The fourth-order valence-corrected chi connectivity index (χ4v) is 10.2. The number of halogens is 1. The Morgan fingerprint density at radius 2 is 1.40 bits per heavy atom. The molecule has 0 N–H and O–H groups in total. The monoisotopic (exact) mass is 492 g/mol. The van der Waals surface area contributed by atoms with Gasteiger partial charge in [0.25, 0.3) is 0 Å². The highest BCUT2D eigenvalue weighted by molar-refractivity contribution is 14.1. The predicted octanol–water partition coefficient (Wildman–Crippen LogP) is 7.45. The third-order valence-corrected chi connectivity index (χ3v) is 12.4. The van der Waals surface area contributed by atoms with Crippen LogP contribution in [0, 0.1) is 17.4 Å². The van der Waals surface area contributed by atoms with E-state index in [4.69, 9.17) is 4.43 Å². The minimum Gasteiger partial charge on any atom is -0.409 e. The van der Waals surface area contributed by atoms with E-state index < -0.39 is 16.4 Å². The molecule has 0 fully saturated rings. The normalized spacial score (nSPS) is 15.8. The maximum absolute atomic E-state index is 7.06. The van der Waals surface area contributed by atoms with Crippen LogP contribution in [0.25, 0.3) is 0 Å². The Kier molecular flexibility index (Phi) is 11.5. The number of hydrogen-bond acceptors (Lipinski definition) is 1. The van der Waals surface area contributed by atoms with Crippen LogP contribution in [0.3, 0.4) is 0 Å². The van der Waals surface area contributed by atoms with Gasteiger partial charge in [0.1, 0.15) is 8.07 Å². The van der Waals surface area contributed by atoms with Gasteiger partial charge in [-0.05, 0) is 30.0 Å². The molecular weight excluding hydrogens is 451 g/mol. The summed E-state index contributed by atoms with van der Waals surface area (Å²) in [6.07, 6.45) is 5.82. The van der Waals surface area contributed by atoms with Crippen molar-refractivity contribution in [1.29, 1.82) is 0 Å². The minimum atomic E-state index is -1.90. The molecule has 0 heterocycles. The van der Waals surface area contributed by atoms with Gasteiger partial charge in [-0.25, -0.2) is 0 Å². The lowest BCUT2D eigenvalue weighted by Gasteiger charge is -2.44. The van der Waals surface area contributed by atoms with Crippen LogP contribution >= 0.6 is 22.6 Å². The first-order valence-electron chi connectivity index (χ1n) is 9.81. The van der Waals surface area contributed by atoms with Gasteiger partial charge in [0.15, 0.2) is 0 Å². The van der Waals surface area contributed by atoms with Gasteiger partial charge in [-0.1, -0.05) is 95.9 Å². The van der Waals surface area contributed by atoms with Crippen molar-refractivity contribution in [2.75, 3.05) is 4.43 Å². The van der Waals surface area contributed by atoms with Gasteiger partial charge in [-0.2, -0.15) is 0 Å². The Morgan fingerprint density at radius 3 is 1.76 bits per heavy atom. The first-order valence-corrected chi connectivity index (χ1v) is 17.0. The lowest BCUT2D eigenvalue weighted by atomic mass is 10.1. The largest absolute Gasteiger partial charge is 0.409 e. The minimum absolute atomic E-state index is 0.116. The summed E-state index contributed by atoms with van der Waals surface area (Å²) in [5.74, 6) is 3.80. The molecule has 0 aliphatic carbocycles. The lowest BCUT2D eigenvalue weighted by molar-refractivity contribution is 0.186. The Bertz CT molecular complexity index is 445. The molecule has 1 nitrogen and oxygen atoms in total. The Hall–Kier alpha value is 0.424. The SMILES string of the molecule is CC(C)[Si](O[C@@H](C=CCCI)[C@H](C)C#C[Si](C)(C)C)(C(C)C)C(C)C. The highest BCUT2D eigenvalue weighted by atomic mass is 127. The maximum atomic E-state index is 7.06. The number of alkyl halides is 1. The molecule has 0 radical (unpaired) electrons. The van der Waals surface area contributed by atoms with E-state index >= 15 is 0 Å². The van der Waals surface area contributed by atoms with Crippen LogP contribution in [0.1, 0.15) is 54.9 Å². The van der Waals surface area contributed by atoms with E-state index in [1.807, 2.05) is 0 Å². The molecule has 0 rings (SSSR count). The zero-order valence-corrected chi connectivity index (χ0v) is 22.4. The summed E-state index contributed by atoms with van der Waals surface area (Å²) in [6.45, 7) is 23.3. The standard InChI is InChI=1S/C21H41IOSi2/c1-17(2)25(18(3)4,19(5)6)23-21(13-11-12-15-22)20(7)14-16-24(8,9)10/h11,13,17-21H,12,15H2,1-10H3/t20-,21+/m1/s1. The van der Waals surface area contributed by atoms with Crippen LogP contribution in [-0.4, -0.2) is 26.9 Å². The first-order chi connectivity index (χ1) is 11.4. The topological polar surface area (TPSA) is 9.23 Å². The molecule has 0 bridgehead atoms. The van der Waals surface area contributed by atoms with Crippen LogP contribution < -0.4 is 0 Å². The fourth-order valence-electron chi connectivity index (χ4n) is 3.66. The zero-order valence-electron chi connectivity index (χ0n) is 18.2. The highest BCUT2D eigenvalue weighted by Gasteiger charge is 2.46. The molecule has 0 aromatic carbocycles. The van der Waals surface area contributed by atoms with Crippen molar-refractivity contribution >= 4 is 39.0 Å². The molecule has 0 saturated carbocycles. The van der Waals surface area contributed by atoms with Crippen LogP contribution in [0.15, 0.2) is 12.2 Å². The van der Waals surface area contributed by atoms with Crippen LogP contribution in [0.5, 0.6) is 0 Å². The second-order valence-corrected chi connectivity index (χ2v) is 20.3. The molecule has 0 aliphatic rings. The predicted molar refractivity (Wildman–Crippen MR) is 129 cm³/mol. The third-order valence-electron chi connectivity index (χ3n) is 4.82. The Balaban J connectivity index is 5.76. The Morgan fingerprint density at radius 1 is 0.920 bits per heavy atom. The van der Waals surface area contributed by atoms with Crippen molar-refractivity contribution in [2.45, 2.75) is 97.3 Å². The molecular formula is C21H41IOSi2. The zero-order chi connectivity index (χ0) is 19.8. The molecule has 146 valence electrons. The van der Waals surface area contributed by atoms with Gasteiger partial charge in [0.2, 0.25) is 8.32 Å². The van der Waals surface area contributed by atoms with Gasteiger partial charge in [0, 0.05) is 10.3 Å². The van der Waals surface area contributed by atoms with Crippen LogP contribution in [-0.2, 0) is 4.43 Å². The molecule has 0 aromatic heterocycles. The van der Waals surface area contributed by atoms with Crippen molar-refractivity contribution in [3.8, 4) is 11.5 Å². The van der Waals surface area contributed by atoms with Crippen molar-refractivity contribution < 1.29 is 4.43 Å². The molecule has 0 spiro atoms. The fraction of sp³-hybridized carbons (Fsp3) is 0.810. The number of rotatable bonds is 9. The van der Waals surface area contributed by atoms with E-state index in [0.717, 1.165) is 10.8 Å². The first kappa shape index (κ1) is 25.4. The number of allylic oxidation sites excluding steroid dienone is 1. The summed E-state index contributed by atoms with van der Waals surface area (Å²) in [5.41, 5.74) is 5.36. The van der Waals surface area contributed by atoms with Crippen molar-refractivity contribution in [2.24, 2.45) is 5.92 Å². The summed E-state index contributed by atoms with van der Waals surface area (Å²) in [7, 11) is -3.26. The van der Waals surface area contributed by atoms with Gasteiger partial charge in [-0.15, -0.1) is 11.5 Å². The van der Waals surface area contributed by atoms with E-state index in [1.165, 1.54) is 0 Å². The highest BCUT2D eigenvalue weighted by Crippen LogP contribution is 2.43. The average molecular weight is 493 g/mol. The summed E-state index contributed by atoms with van der Waals surface area (Å²) in [4.78, 5) is 0. The van der Waals surface area contributed by atoms with Gasteiger partial charge >= 0.3 is 0 Å². The van der Waals surface area contributed by atoms with E-state index in [1.54, 1.807) is 0 Å². The quantitative estimate of drug-likeness (QED) is 0.107. The molecule has 0 saturated heterocycles. The van der Waals surface area contributed by atoms with Crippen LogP contribution in [0.4, 0.5) is 0 Å². The Labute approximate surface area is 174 Å². The van der Waals surface area contributed by atoms with E-state index in [0.29, 0.717) is 16.6 Å². The molecule has 0 aliphatic heterocycles. The molecule has 2 atom stereocenters. The second-order valence-electron chi connectivity index (χ2n) is 9.11. The summed E-state index contributed by atoms with van der Waals surface area (Å²) < 4.78 is 8.21. The third kappa shape index (κ3) is 8.32. The maximum Gasteiger partial charge on any atom is 0.201 e. The van der Waals surface area contributed by atoms with Crippen molar-refractivity contribution in [1.82, 2.24) is 0 Å². The van der Waals surface area contributed by atoms with Gasteiger partial charge in [-0.3, -0.25) is 0 Å². The molecule has 0 amide bonds. The summed E-state index contributed by atoms with van der Waals surface area (Å²) >= 11 is 2.43. The van der Waals surface area contributed by atoms with E-state index in [2.05, 4.69) is 114 Å².